The predicted molar refractivity (Wildman–Crippen MR) is 113 cm³/mol. The van der Waals surface area contributed by atoms with Gasteiger partial charge in [-0.25, -0.2) is 9.59 Å². The standard InChI is InChI=1S/C20H25N4O10/c1-9-5-23(18(29)21-16(9)27)14-3-11(26)12(33-14)8-32-20(31)4-15(34-13(20)7-25)24-6-10(2)17(28)22-19(24)30/h5-6,8,11-15,25-26,31H,3-4,7H2,1-2H3,(H,21,27,29)(H,22,28,30)/t11-,12+,13+,14+,15+,20-/m0/s1. The zero-order valence-electron chi connectivity index (χ0n) is 18.3. The van der Waals surface area contributed by atoms with Crippen molar-refractivity contribution in [2.75, 3.05) is 6.61 Å². The predicted octanol–water partition coefficient (Wildman–Crippen LogP) is -2.50. The van der Waals surface area contributed by atoms with Crippen LogP contribution in [0.5, 0.6) is 0 Å². The fourth-order valence-electron chi connectivity index (χ4n) is 3.95. The molecule has 2 aromatic rings. The van der Waals surface area contributed by atoms with Gasteiger partial charge in [0.1, 0.15) is 31.3 Å². The average Bonchev–Trinajstić information content (AvgIpc) is 3.31. The van der Waals surface area contributed by atoms with E-state index in [1.165, 1.54) is 26.2 Å². The lowest BCUT2D eigenvalue weighted by Crippen LogP contribution is -2.44. The van der Waals surface area contributed by atoms with Gasteiger partial charge in [0.15, 0.2) is 5.79 Å². The third-order valence-electron chi connectivity index (χ3n) is 5.91. The Labute approximate surface area is 191 Å². The van der Waals surface area contributed by atoms with E-state index in [0.717, 1.165) is 15.7 Å². The van der Waals surface area contributed by atoms with Crippen molar-refractivity contribution in [3.05, 3.63) is 71.8 Å². The Morgan fingerprint density at radius 2 is 1.62 bits per heavy atom. The van der Waals surface area contributed by atoms with Gasteiger partial charge in [-0.3, -0.25) is 28.7 Å². The molecular weight excluding hydrogens is 456 g/mol. The lowest BCUT2D eigenvalue weighted by molar-refractivity contribution is -0.229. The molecule has 185 valence electrons. The molecule has 0 saturated carbocycles. The van der Waals surface area contributed by atoms with Crippen LogP contribution < -0.4 is 22.5 Å². The first-order valence-corrected chi connectivity index (χ1v) is 10.5. The second-order valence-electron chi connectivity index (χ2n) is 8.38. The Morgan fingerprint density at radius 1 is 1.06 bits per heavy atom. The number of aliphatic hydroxyl groups excluding tert-OH is 2. The molecule has 4 rings (SSSR count). The third-order valence-corrected chi connectivity index (χ3v) is 5.91. The number of aryl methyl sites for hydroxylation is 2. The molecule has 0 spiro atoms. The van der Waals surface area contributed by atoms with Gasteiger partial charge >= 0.3 is 11.4 Å². The quantitative estimate of drug-likeness (QED) is 0.275. The molecule has 0 aromatic carbocycles. The highest BCUT2D eigenvalue weighted by atomic mass is 16.7. The van der Waals surface area contributed by atoms with Crippen LogP contribution in [-0.2, 0) is 14.2 Å². The summed E-state index contributed by atoms with van der Waals surface area (Å²) < 4.78 is 18.9. The number of aromatic nitrogens is 4. The Hall–Kier alpha value is -2.88. The minimum absolute atomic E-state index is 0.00293. The maximum absolute atomic E-state index is 12.2. The van der Waals surface area contributed by atoms with Gasteiger partial charge in [0.2, 0.25) is 0 Å². The van der Waals surface area contributed by atoms with Crippen LogP contribution in [0.25, 0.3) is 0 Å². The number of hydrogen-bond acceptors (Lipinski definition) is 10. The van der Waals surface area contributed by atoms with Crippen LogP contribution in [0.1, 0.15) is 36.4 Å². The fraction of sp³-hybridized carbons (Fsp3) is 0.550. The molecule has 5 N–H and O–H groups in total. The molecule has 2 aliphatic heterocycles. The van der Waals surface area contributed by atoms with Gasteiger partial charge < -0.3 is 29.5 Å². The molecular formula is C20H25N4O10. The normalized spacial score (nSPS) is 31.3. The van der Waals surface area contributed by atoms with Crippen LogP contribution in [0.4, 0.5) is 0 Å². The van der Waals surface area contributed by atoms with Crippen molar-refractivity contribution in [2.24, 2.45) is 0 Å². The van der Waals surface area contributed by atoms with E-state index in [0.29, 0.717) is 0 Å². The molecule has 2 aliphatic rings. The van der Waals surface area contributed by atoms with Crippen molar-refractivity contribution < 1.29 is 29.5 Å². The summed E-state index contributed by atoms with van der Waals surface area (Å²) in [5, 5.41) is 31.0. The van der Waals surface area contributed by atoms with Crippen LogP contribution in [0.3, 0.4) is 0 Å². The van der Waals surface area contributed by atoms with E-state index in [1.807, 2.05) is 0 Å². The number of H-pyrrole nitrogens is 2. The van der Waals surface area contributed by atoms with Gasteiger partial charge in [-0.05, 0) is 13.8 Å². The minimum Gasteiger partial charge on any atom is -0.393 e. The second kappa shape index (κ2) is 9.05. The molecule has 14 heteroatoms. The molecule has 2 saturated heterocycles. The van der Waals surface area contributed by atoms with E-state index in [-0.39, 0.29) is 24.0 Å². The molecule has 0 aliphatic carbocycles. The number of aliphatic hydroxyl groups is 3. The molecule has 0 bridgehead atoms. The molecule has 34 heavy (non-hydrogen) atoms. The van der Waals surface area contributed by atoms with Gasteiger partial charge in [-0.15, -0.1) is 0 Å². The summed E-state index contributed by atoms with van der Waals surface area (Å²) in [5.41, 5.74) is -2.03. The first-order valence-electron chi connectivity index (χ1n) is 10.5. The number of ether oxygens (including phenoxy) is 3. The van der Waals surface area contributed by atoms with Crippen LogP contribution in [0.15, 0.2) is 31.6 Å². The van der Waals surface area contributed by atoms with E-state index in [1.54, 1.807) is 0 Å². The van der Waals surface area contributed by atoms with Crippen LogP contribution >= 0.6 is 0 Å². The lowest BCUT2D eigenvalue weighted by Gasteiger charge is -2.28. The fourth-order valence-corrected chi connectivity index (χ4v) is 3.95. The highest BCUT2D eigenvalue weighted by molar-refractivity contribution is 5.04. The van der Waals surface area contributed by atoms with E-state index in [9.17, 15) is 34.5 Å². The zero-order chi connectivity index (χ0) is 24.8. The maximum atomic E-state index is 12.2. The monoisotopic (exact) mass is 481 g/mol. The summed E-state index contributed by atoms with van der Waals surface area (Å²) in [5.74, 6) is -2.09. The Morgan fingerprint density at radius 3 is 2.18 bits per heavy atom. The van der Waals surface area contributed by atoms with Gasteiger partial charge in [-0.2, -0.15) is 0 Å². The van der Waals surface area contributed by atoms with Crippen molar-refractivity contribution in [2.45, 2.75) is 63.2 Å². The number of rotatable bonds is 6. The summed E-state index contributed by atoms with van der Waals surface area (Å²) in [6.45, 7) is 3.39. The number of nitrogens with zero attached hydrogens (tertiary/aromatic N) is 2. The highest BCUT2D eigenvalue weighted by Crippen LogP contribution is 2.39. The van der Waals surface area contributed by atoms with Crippen molar-refractivity contribution in [1.29, 1.82) is 0 Å². The lowest BCUT2D eigenvalue weighted by atomic mass is 10.1. The van der Waals surface area contributed by atoms with Crippen LogP contribution in [0, 0.1) is 20.5 Å². The molecule has 1 radical (unpaired) electrons. The van der Waals surface area contributed by atoms with E-state index < -0.39 is 65.7 Å². The average molecular weight is 481 g/mol. The smallest absolute Gasteiger partial charge is 0.330 e. The number of nitrogens with one attached hydrogen (secondary N) is 2. The van der Waals surface area contributed by atoms with Gasteiger partial charge in [0, 0.05) is 36.4 Å². The number of hydrogen-bond donors (Lipinski definition) is 5. The summed E-state index contributed by atoms with van der Waals surface area (Å²) in [4.78, 5) is 51.8. The Kier molecular flexibility index (Phi) is 6.46. The molecule has 14 nitrogen and oxygen atoms in total. The molecule has 0 unspecified atom stereocenters. The largest absolute Gasteiger partial charge is 0.393 e. The molecule has 6 atom stereocenters. The van der Waals surface area contributed by atoms with Gasteiger partial charge in [-0.1, -0.05) is 0 Å². The van der Waals surface area contributed by atoms with E-state index in [2.05, 4.69) is 9.97 Å². The Bertz CT molecular complexity index is 1300. The molecule has 4 heterocycles. The topological polar surface area (TPSA) is 198 Å². The first kappa shape index (κ1) is 24.3. The van der Waals surface area contributed by atoms with E-state index in [4.69, 9.17) is 14.2 Å². The highest BCUT2D eigenvalue weighted by Gasteiger charge is 2.50. The third kappa shape index (κ3) is 4.43. The first-order chi connectivity index (χ1) is 16.0. The SMILES string of the molecule is Cc1cn([C@H]2C[C@H](O)[C@@H]([CH]O[C@@]3(O)C[C@H](n4cc(C)c(=O)[nH]c4=O)O[C@@H]3CO)O2)c(=O)[nH]c1=O. The van der Waals surface area contributed by atoms with Crippen LogP contribution in [-0.4, -0.2) is 65.1 Å². The zero-order valence-corrected chi connectivity index (χ0v) is 18.3. The molecule has 2 aromatic heterocycles. The Balaban J connectivity index is 1.47. The van der Waals surface area contributed by atoms with Crippen molar-refractivity contribution in [3.8, 4) is 0 Å². The second-order valence-corrected chi connectivity index (χ2v) is 8.38. The minimum atomic E-state index is -2.09. The number of aromatic amines is 2. The summed E-state index contributed by atoms with van der Waals surface area (Å²) in [6.07, 6.45) is -3.08. The summed E-state index contributed by atoms with van der Waals surface area (Å²) >= 11 is 0. The van der Waals surface area contributed by atoms with Crippen molar-refractivity contribution in [1.82, 2.24) is 19.1 Å². The van der Waals surface area contributed by atoms with E-state index >= 15 is 0 Å². The maximum Gasteiger partial charge on any atom is 0.330 e. The van der Waals surface area contributed by atoms with Crippen LogP contribution in [0.2, 0.25) is 0 Å². The van der Waals surface area contributed by atoms with Crippen molar-refractivity contribution in [3.63, 3.8) is 0 Å². The van der Waals surface area contributed by atoms with Gasteiger partial charge in [0.05, 0.1) is 12.7 Å². The summed E-state index contributed by atoms with van der Waals surface area (Å²) in [6, 6.07) is 0. The van der Waals surface area contributed by atoms with Crippen molar-refractivity contribution >= 4 is 0 Å². The van der Waals surface area contributed by atoms with Gasteiger partial charge in [0.25, 0.3) is 11.1 Å². The summed E-state index contributed by atoms with van der Waals surface area (Å²) in [7, 11) is 0. The molecule has 2 fully saturated rings. The molecule has 0 amide bonds.